The number of rotatable bonds is 8. The first kappa shape index (κ1) is 25.0. The van der Waals surface area contributed by atoms with E-state index in [1.54, 1.807) is 37.3 Å². The largest absolute Gasteiger partial charge is 0.494 e. The highest BCUT2D eigenvalue weighted by atomic mass is 35.5. The Morgan fingerprint density at radius 3 is 2.42 bits per heavy atom. The number of amides is 1. The third-order valence-electron chi connectivity index (χ3n) is 5.45. The Hall–Kier alpha value is -2.62. The number of halogens is 1. The number of benzene rings is 2. The molecule has 33 heavy (non-hydrogen) atoms. The van der Waals surface area contributed by atoms with E-state index >= 15 is 0 Å². The van der Waals surface area contributed by atoms with Crippen LogP contribution in [0.5, 0.6) is 5.75 Å². The molecule has 0 spiro atoms. The van der Waals surface area contributed by atoms with E-state index < -0.39 is 34.4 Å². The van der Waals surface area contributed by atoms with Gasteiger partial charge in [0.2, 0.25) is 10.0 Å². The van der Waals surface area contributed by atoms with Crippen LogP contribution in [0.15, 0.2) is 47.4 Å². The first-order valence-electron chi connectivity index (χ1n) is 10.7. The van der Waals surface area contributed by atoms with Crippen LogP contribution in [0.3, 0.4) is 0 Å². The van der Waals surface area contributed by atoms with E-state index in [1.165, 1.54) is 16.4 Å². The van der Waals surface area contributed by atoms with Gasteiger partial charge in [0.15, 0.2) is 6.61 Å². The highest BCUT2D eigenvalue weighted by molar-refractivity contribution is 7.89. The molecular weight excluding hydrogens is 468 g/mol. The van der Waals surface area contributed by atoms with Crippen molar-refractivity contribution in [3.8, 4) is 5.75 Å². The molecular formula is C23H27ClN2O6S. The van der Waals surface area contributed by atoms with Crippen molar-refractivity contribution in [3.63, 3.8) is 0 Å². The van der Waals surface area contributed by atoms with Gasteiger partial charge in [0.1, 0.15) is 5.75 Å². The van der Waals surface area contributed by atoms with Crippen molar-refractivity contribution in [3.05, 3.63) is 53.1 Å². The van der Waals surface area contributed by atoms with Gasteiger partial charge in [-0.25, -0.2) is 8.42 Å². The molecule has 178 valence electrons. The second kappa shape index (κ2) is 11.0. The minimum atomic E-state index is -3.66. The number of ether oxygens (including phenoxy) is 2. The molecule has 1 N–H and O–H groups in total. The number of esters is 1. The van der Waals surface area contributed by atoms with Crippen LogP contribution in [-0.2, 0) is 24.3 Å². The zero-order valence-corrected chi connectivity index (χ0v) is 20.1. The van der Waals surface area contributed by atoms with Crippen molar-refractivity contribution >= 4 is 39.2 Å². The molecule has 10 heteroatoms. The molecule has 3 rings (SSSR count). The lowest BCUT2D eigenvalue weighted by Gasteiger charge is -2.30. The van der Waals surface area contributed by atoms with E-state index in [9.17, 15) is 18.0 Å². The van der Waals surface area contributed by atoms with Gasteiger partial charge in [-0.05, 0) is 68.7 Å². The SMILES string of the molecule is CCOc1ccc(S(=O)(=O)N2CCC(C(=O)OCC(=O)Nc3cccc(Cl)c3C)CC2)cc1. The van der Waals surface area contributed by atoms with Gasteiger partial charge in [0, 0.05) is 23.8 Å². The van der Waals surface area contributed by atoms with Gasteiger partial charge in [-0.1, -0.05) is 17.7 Å². The number of sulfonamides is 1. The molecule has 8 nitrogen and oxygen atoms in total. The first-order valence-corrected chi connectivity index (χ1v) is 12.5. The van der Waals surface area contributed by atoms with Crippen LogP contribution >= 0.6 is 11.6 Å². The third-order valence-corrected chi connectivity index (χ3v) is 7.77. The second-order valence-electron chi connectivity index (χ2n) is 7.65. The molecule has 1 aliphatic heterocycles. The Kier molecular flexibility index (Phi) is 8.34. The number of hydrogen-bond donors (Lipinski definition) is 1. The standard InChI is InChI=1S/C23H27ClN2O6S/c1-3-31-18-7-9-19(10-8-18)33(29,30)26-13-11-17(12-14-26)23(28)32-15-22(27)25-21-6-4-5-20(24)16(21)2/h4-10,17H,3,11-15H2,1-2H3,(H,25,27). The fourth-order valence-corrected chi connectivity index (χ4v) is 5.18. The maximum atomic E-state index is 12.9. The summed E-state index contributed by atoms with van der Waals surface area (Å²) in [6.07, 6.45) is 0.647. The van der Waals surface area contributed by atoms with E-state index in [2.05, 4.69) is 5.32 Å². The predicted molar refractivity (Wildman–Crippen MR) is 125 cm³/mol. The molecule has 1 saturated heterocycles. The number of carbonyl (C=O) groups excluding carboxylic acids is 2. The van der Waals surface area contributed by atoms with Crippen LogP contribution in [0.25, 0.3) is 0 Å². The molecule has 2 aromatic rings. The number of piperidine rings is 1. The number of anilines is 1. The first-order chi connectivity index (χ1) is 15.7. The summed E-state index contributed by atoms with van der Waals surface area (Å²) in [4.78, 5) is 24.7. The minimum absolute atomic E-state index is 0.181. The minimum Gasteiger partial charge on any atom is -0.494 e. The van der Waals surface area contributed by atoms with Crippen molar-refractivity contribution in [2.45, 2.75) is 31.6 Å². The average molecular weight is 495 g/mol. The molecule has 1 heterocycles. The number of hydrogen-bond acceptors (Lipinski definition) is 6. The maximum absolute atomic E-state index is 12.9. The number of nitrogens with zero attached hydrogens (tertiary/aromatic N) is 1. The van der Waals surface area contributed by atoms with E-state index in [4.69, 9.17) is 21.1 Å². The van der Waals surface area contributed by atoms with Gasteiger partial charge < -0.3 is 14.8 Å². The van der Waals surface area contributed by atoms with Gasteiger partial charge in [-0.3, -0.25) is 9.59 Å². The lowest BCUT2D eigenvalue weighted by molar-refractivity contribution is -0.152. The van der Waals surface area contributed by atoms with Crippen LogP contribution in [0, 0.1) is 12.8 Å². The van der Waals surface area contributed by atoms with Crippen molar-refractivity contribution in [2.24, 2.45) is 5.92 Å². The third kappa shape index (κ3) is 6.25. The fraction of sp³-hybridized carbons (Fsp3) is 0.391. The molecule has 1 fully saturated rings. The lowest BCUT2D eigenvalue weighted by Crippen LogP contribution is -2.40. The highest BCUT2D eigenvalue weighted by Crippen LogP contribution is 2.26. The zero-order chi connectivity index (χ0) is 24.0. The molecule has 1 aliphatic rings. The van der Waals surface area contributed by atoms with Gasteiger partial charge in [0.25, 0.3) is 5.91 Å². The quantitative estimate of drug-likeness (QED) is 0.562. The molecule has 0 bridgehead atoms. The summed E-state index contributed by atoms with van der Waals surface area (Å²) in [6, 6.07) is 11.4. The topological polar surface area (TPSA) is 102 Å². The normalized spacial score (nSPS) is 15.1. The fourth-order valence-electron chi connectivity index (χ4n) is 3.54. The van der Waals surface area contributed by atoms with Crippen molar-refractivity contribution in [1.82, 2.24) is 4.31 Å². The average Bonchev–Trinajstić information content (AvgIpc) is 2.81. The monoisotopic (exact) mass is 494 g/mol. The van der Waals surface area contributed by atoms with Gasteiger partial charge in [-0.15, -0.1) is 0 Å². The summed E-state index contributed by atoms with van der Waals surface area (Å²) in [6.45, 7) is 4.10. The molecule has 0 aromatic heterocycles. The molecule has 0 aliphatic carbocycles. The number of carbonyl (C=O) groups is 2. The molecule has 0 saturated carbocycles. The molecule has 2 aromatic carbocycles. The van der Waals surface area contributed by atoms with Crippen LogP contribution < -0.4 is 10.1 Å². The van der Waals surface area contributed by atoms with Crippen molar-refractivity contribution in [1.29, 1.82) is 0 Å². The van der Waals surface area contributed by atoms with Crippen LogP contribution in [0.4, 0.5) is 5.69 Å². The number of nitrogens with one attached hydrogen (secondary N) is 1. The van der Waals surface area contributed by atoms with E-state index in [-0.39, 0.29) is 18.0 Å². The second-order valence-corrected chi connectivity index (χ2v) is 10.00. The van der Waals surface area contributed by atoms with Crippen LogP contribution in [0.1, 0.15) is 25.3 Å². The smallest absolute Gasteiger partial charge is 0.309 e. The summed E-state index contributed by atoms with van der Waals surface area (Å²) in [5.41, 5.74) is 1.27. The molecule has 1 amide bonds. The van der Waals surface area contributed by atoms with E-state index in [0.29, 0.717) is 35.9 Å². The molecule has 0 unspecified atom stereocenters. The highest BCUT2D eigenvalue weighted by Gasteiger charge is 2.33. The zero-order valence-electron chi connectivity index (χ0n) is 18.5. The maximum Gasteiger partial charge on any atom is 0.309 e. The molecule has 0 atom stereocenters. The van der Waals surface area contributed by atoms with E-state index in [0.717, 1.165) is 5.56 Å². The summed E-state index contributed by atoms with van der Waals surface area (Å²) in [5.74, 6) is -0.833. The lowest BCUT2D eigenvalue weighted by atomic mass is 9.98. The summed E-state index contributed by atoms with van der Waals surface area (Å²) in [7, 11) is -3.66. The van der Waals surface area contributed by atoms with Gasteiger partial charge in [0.05, 0.1) is 17.4 Å². The summed E-state index contributed by atoms with van der Waals surface area (Å²) in [5, 5.41) is 3.19. The van der Waals surface area contributed by atoms with Crippen molar-refractivity contribution < 1.29 is 27.5 Å². The molecule has 0 radical (unpaired) electrons. The Morgan fingerprint density at radius 2 is 1.79 bits per heavy atom. The summed E-state index contributed by atoms with van der Waals surface area (Å²) >= 11 is 6.04. The Labute approximate surface area is 198 Å². The summed E-state index contributed by atoms with van der Waals surface area (Å²) < 4.78 is 37.6. The Morgan fingerprint density at radius 1 is 1.12 bits per heavy atom. The Balaban J connectivity index is 1.49. The van der Waals surface area contributed by atoms with E-state index in [1.807, 2.05) is 6.92 Å². The van der Waals surface area contributed by atoms with Gasteiger partial charge in [-0.2, -0.15) is 4.31 Å². The Bertz CT molecular complexity index is 1100. The predicted octanol–water partition coefficient (Wildman–Crippen LogP) is 3.63. The van der Waals surface area contributed by atoms with Crippen molar-refractivity contribution in [2.75, 3.05) is 31.6 Å². The van der Waals surface area contributed by atoms with Crippen LogP contribution in [0.2, 0.25) is 5.02 Å². The van der Waals surface area contributed by atoms with Gasteiger partial charge >= 0.3 is 5.97 Å². The van der Waals surface area contributed by atoms with Crippen LogP contribution in [-0.4, -0.2) is 50.9 Å².